The van der Waals surface area contributed by atoms with Gasteiger partial charge in [-0.15, -0.1) is 0 Å². The fourth-order valence-corrected chi connectivity index (χ4v) is 2.34. The molecule has 4 nitrogen and oxygen atoms in total. The molecule has 0 spiro atoms. The van der Waals surface area contributed by atoms with Gasteiger partial charge in [-0.1, -0.05) is 6.42 Å². The average molecular weight is 235 g/mol. The summed E-state index contributed by atoms with van der Waals surface area (Å²) in [6, 6.07) is 4.37. The highest BCUT2D eigenvalue weighted by Gasteiger charge is 2.18. The summed E-state index contributed by atoms with van der Waals surface area (Å²) in [4.78, 5) is 6.43. The van der Waals surface area contributed by atoms with Gasteiger partial charge in [-0.25, -0.2) is 4.98 Å². The number of nitrogens with two attached hydrogens (primary N) is 1. The first-order valence-corrected chi connectivity index (χ1v) is 6.31. The molecule has 17 heavy (non-hydrogen) atoms. The molecule has 1 aromatic rings. The topological polar surface area (TPSA) is 51.4 Å². The number of nitrogen functional groups attached to an aromatic ring is 1. The van der Waals surface area contributed by atoms with Gasteiger partial charge in [0.1, 0.15) is 0 Å². The van der Waals surface area contributed by atoms with Crippen LogP contribution < -0.4 is 10.5 Å². The van der Waals surface area contributed by atoms with Crippen LogP contribution in [-0.2, 0) is 0 Å². The summed E-state index contributed by atoms with van der Waals surface area (Å²) in [6.45, 7) is 1.92. The number of pyridine rings is 1. The van der Waals surface area contributed by atoms with Gasteiger partial charge in [-0.2, -0.15) is 0 Å². The van der Waals surface area contributed by atoms with E-state index in [1.165, 1.54) is 25.8 Å². The lowest BCUT2D eigenvalue weighted by atomic mass is 10.0. The first kappa shape index (κ1) is 12.2. The SMILES string of the molecule is CN1CCCCC1CCOc1cccnc1N. The van der Waals surface area contributed by atoms with Crippen molar-refractivity contribution < 1.29 is 4.74 Å². The largest absolute Gasteiger partial charge is 0.490 e. The summed E-state index contributed by atoms with van der Waals surface area (Å²) in [7, 11) is 2.20. The van der Waals surface area contributed by atoms with E-state index in [1.807, 2.05) is 12.1 Å². The number of anilines is 1. The minimum Gasteiger partial charge on any atom is -0.490 e. The third-order valence-electron chi connectivity index (χ3n) is 3.43. The molecule has 2 rings (SSSR count). The number of hydrogen-bond acceptors (Lipinski definition) is 4. The van der Waals surface area contributed by atoms with Gasteiger partial charge in [0, 0.05) is 12.2 Å². The number of piperidine rings is 1. The van der Waals surface area contributed by atoms with Crippen LogP contribution in [0.1, 0.15) is 25.7 Å². The molecule has 1 atom stereocenters. The molecule has 1 aliphatic heterocycles. The van der Waals surface area contributed by atoms with Crippen molar-refractivity contribution in [3.05, 3.63) is 18.3 Å². The maximum Gasteiger partial charge on any atom is 0.166 e. The zero-order chi connectivity index (χ0) is 12.1. The molecular formula is C13H21N3O. The lowest BCUT2D eigenvalue weighted by Crippen LogP contribution is -2.37. The quantitative estimate of drug-likeness (QED) is 0.866. The van der Waals surface area contributed by atoms with E-state index in [0.29, 0.717) is 24.2 Å². The first-order valence-electron chi connectivity index (χ1n) is 6.31. The van der Waals surface area contributed by atoms with Crippen molar-refractivity contribution in [3.63, 3.8) is 0 Å². The van der Waals surface area contributed by atoms with Gasteiger partial charge in [0.15, 0.2) is 11.6 Å². The molecule has 0 aromatic carbocycles. The van der Waals surface area contributed by atoms with Crippen molar-refractivity contribution in [1.82, 2.24) is 9.88 Å². The van der Waals surface area contributed by atoms with Gasteiger partial charge in [-0.3, -0.25) is 0 Å². The normalized spacial score (nSPS) is 21.4. The van der Waals surface area contributed by atoms with Crippen molar-refractivity contribution in [2.75, 3.05) is 25.9 Å². The number of hydrogen-bond donors (Lipinski definition) is 1. The van der Waals surface area contributed by atoms with Crippen molar-refractivity contribution in [3.8, 4) is 5.75 Å². The lowest BCUT2D eigenvalue weighted by Gasteiger charge is -2.32. The summed E-state index contributed by atoms with van der Waals surface area (Å²) in [5.74, 6) is 1.18. The van der Waals surface area contributed by atoms with E-state index >= 15 is 0 Å². The monoisotopic (exact) mass is 235 g/mol. The molecule has 1 saturated heterocycles. The molecule has 0 bridgehead atoms. The molecule has 1 aromatic heterocycles. The summed E-state index contributed by atoms with van der Waals surface area (Å²) in [5.41, 5.74) is 5.72. The Bertz CT molecular complexity index is 356. The lowest BCUT2D eigenvalue weighted by molar-refractivity contribution is 0.153. The molecule has 0 radical (unpaired) electrons. The van der Waals surface area contributed by atoms with Crippen LogP contribution in [0.5, 0.6) is 5.75 Å². The third kappa shape index (κ3) is 3.33. The van der Waals surface area contributed by atoms with Crippen LogP contribution in [0, 0.1) is 0 Å². The van der Waals surface area contributed by atoms with Crippen LogP contribution in [0.15, 0.2) is 18.3 Å². The second-order valence-corrected chi connectivity index (χ2v) is 4.65. The van der Waals surface area contributed by atoms with Crippen LogP contribution in [0.25, 0.3) is 0 Å². The Morgan fingerprint density at radius 2 is 2.41 bits per heavy atom. The fraction of sp³-hybridized carbons (Fsp3) is 0.615. The van der Waals surface area contributed by atoms with E-state index in [2.05, 4.69) is 16.9 Å². The predicted molar refractivity (Wildman–Crippen MR) is 69.0 cm³/mol. The predicted octanol–water partition coefficient (Wildman–Crippen LogP) is 1.92. The molecule has 0 aliphatic carbocycles. The minimum absolute atomic E-state index is 0.476. The smallest absolute Gasteiger partial charge is 0.166 e. The Balaban J connectivity index is 1.77. The molecule has 2 N–H and O–H groups in total. The van der Waals surface area contributed by atoms with Crippen LogP contribution in [0.4, 0.5) is 5.82 Å². The Morgan fingerprint density at radius 3 is 3.18 bits per heavy atom. The third-order valence-corrected chi connectivity index (χ3v) is 3.43. The van der Waals surface area contributed by atoms with Gasteiger partial charge >= 0.3 is 0 Å². The zero-order valence-electron chi connectivity index (χ0n) is 10.4. The summed E-state index contributed by atoms with van der Waals surface area (Å²) in [6.07, 6.45) is 6.68. The standard InChI is InChI=1S/C13H21N3O/c1-16-9-3-2-5-11(16)7-10-17-12-6-4-8-15-13(12)14/h4,6,8,11H,2-3,5,7,9-10H2,1H3,(H2,14,15). The van der Waals surface area contributed by atoms with E-state index in [4.69, 9.17) is 10.5 Å². The number of rotatable bonds is 4. The minimum atomic E-state index is 0.476. The summed E-state index contributed by atoms with van der Waals surface area (Å²) in [5, 5.41) is 0. The van der Waals surface area contributed by atoms with Crippen molar-refractivity contribution >= 4 is 5.82 Å². The highest BCUT2D eigenvalue weighted by atomic mass is 16.5. The summed E-state index contributed by atoms with van der Waals surface area (Å²) >= 11 is 0. The average Bonchev–Trinajstić information content (AvgIpc) is 2.34. The number of aromatic nitrogens is 1. The molecule has 0 saturated carbocycles. The Labute approximate surface area is 103 Å². The molecule has 1 aliphatic rings. The van der Waals surface area contributed by atoms with Gasteiger partial charge in [0.05, 0.1) is 6.61 Å². The highest BCUT2D eigenvalue weighted by Crippen LogP contribution is 2.20. The number of nitrogens with zero attached hydrogens (tertiary/aromatic N) is 2. The molecule has 1 unspecified atom stereocenters. The van der Waals surface area contributed by atoms with E-state index in [-0.39, 0.29) is 0 Å². The van der Waals surface area contributed by atoms with E-state index in [0.717, 1.165) is 6.42 Å². The molecular weight excluding hydrogens is 214 g/mol. The second kappa shape index (κ2) is 5.87. The van der Waals surface area contributed by atoms with Gasteiger partial charge in [0.25, 0.3) is 0 Å². The van der Waals surface area contributed by atoms with Crippen LogP contribution in [0.2, 0.25) is 0 Å². The maximum absolute atomic E-state index is 5.72. The first-order chi connectivity index (χ1) is 8.27. The van der Waals surface area contributed by atoms with E-state index < -0.39 is 0 Å². The van der Waals surface area contributed by atoms with Crippen molar-refractivity contribution in [2.24, 2.45) is 0 Å². The summed E-state index contributed by atoms with van der Waals surface area (Å²) < 4.78 is 5.67. The molecule has 1 fully saturated rings. The zero-order valence-corrected chi connectivity index (χ0v) is 10.4. The van der Waals surface area contributed by atoms with Crippen molar-refractivity contribution in [1.29, 1.82) is 0 Å². The van der Waals surface area contributed by atoms with Crippen LogP contribution in [-0.4, -0.2) is 36.1 Å². The number of ether oxygens (including phenoxy) is 1. The fourth-order valence-electron chi connectivity index (χ4n) is 2.34. The van der Waals surface area contributed by atoms with Gasteiger partial charge < -0.3 is 15.4 Å². The number of likely N-dealkylation sites (tertiary alicyclic amines) is 1. The second-order valence-electron chi connectivity index (χ2n) is 4.65. The van der Waals surface area contributed by atoms with Gasteiger partial charge in [-0.05, 0) is 45.0 Å². The van der Waals surface area contributed by atoms with Crippen LogP contribution >= 0.6 is 0 Å². The molecule has 4 heteroatoms. The van der Waals surface area contributed by atoms with Crippen LogP contribution in [0.3, 0.4) is 0 Å². The Morgan fingerprint density at radius 1 is 1.53 bits per heavy atom. The van der Waals surface area contributed by atoms with Gasteiger partial charge in [0.2, 0.25) is 0 Å². The molecule has 94 valence electrons. The Hall–Kier alpha value is -1.29. The molecule has 2 heterocycles. The highest BCUT2D eigenvalue weighted by molar-refractivity contribution is 5.44. The Kier molecular flexibility index (Phi) is 4.20. The molecule has 0 amide bonds. The van der Waals surface area contributed by atoms with Crippen molar-refractivity contribution in [2.45, 2.75) is 31.7 Å². The van der Waals surface area contributed by atoms with E-state index in [9.17, 15) is 0 Å². The van der Waals surface area contributed by atoms with E-state index in [1.54, 1.807) is 6.20 Å². The maximum atomic E-state index is 5.72.